The zero-order valence-corrected chi connectivity index (χ0v) is 15.6. The van der Waals surface area contributed by atoms with Crippen LogP contribution in [0.15, 0.2) is 47.4 Å². The number of carbonyl (C=O) groups is 1. The summed E-state index contributed by atoms with van der Waals surface area (Å²) in [6.45, 7) is 5.06. The molecule has 0 atom stereocenters. The first-order valence-electron chi connectivity index (χ1n) is 8.36. The van der Waals surface area contributed by atoms with Gasteiger partial charge in [-0.3, -0.25) is 0 Å². The van der Waals surface area contributed by atoms with Crippen LogP contribution in [-0.2, 0) is 14.8 Å². The van der Waals surface area contributed by atoms with E-state index in [4.69, 9.17) is 9.47 Å². The third-order valence-corrected chi connectivity index (χ3v) is 6.18. The molecular formula is C19H21NO5S. The maximum absolute atomic E-state index is 12.7. The van der Waals surface area contributed by atoms with Gasteiger partial charge >= 0.3 is 5.97 Å². The van der Waals surface area contributed by atoms with Gasteiger partial charge in [-0.2, -0.15) is 4.31 Å². The van der Waals surface area contributed by atoms with Crippen molar-refractivity contribution < 1.29 is 22.7 Å². The number of hydrogen-bond acceptors (Lipinski definition) is 5. The molecule has 1 aliphatic heterocycles. The number of nitrogens with zero attached hydrogens (tertiary/aromatic N) is 1. The van der Waals surface area contributed by atoms with Gasteiger partial charge < -0.3 is 9.47 Å². The molecule has 0 saturated carbocycles. The number of aryl methyl sites for hydroxylation is 2. The zero-order valence-electron chi connectivity index (χ0n) is 14.8. The van der Waals surface area contributed by atoms with Crippen LogP contribution in [0.25, 0.3) is 0 Å². The predicted molar refractivity (Wildman–Crippen MR) is 96.9 cm³/mol. The van der Waals surface area contributed by atoms with Gasteiger partial charge in [0.15, 0.2) is 0 Å². The molecule has 1 saturated heterocycles. The highest BCUT2D eigenvalue weighted by Crippen LogP contribution is 2.24. The summed E-state index contributed by atoms with van der Waals surface area (Å²) in [6.07, 6.45) is 0. The van der Waals surface area contributed by atoms with Crippen molar-refractivity contribution in [1.29, 1.82) is 0 Å². The van der Waals surface area contributed by atoms with Crippen LogP contribution in [0, 0.1) is 13.8 Å². The molecule has 1 aliphatic rings. The highest BCUT2D eigenvalue weighted by atomic mass is 32.2. The number of para-hydroxylation sites is 1. The van der Waals surface area contributed by atoms with Crippen molar-refractivity contribution in [2.24, 2.45) is 0 Å². The van der Waals surface area contributed by atoms with Gasteiger partial charge in [0.1, 0.15) is 5.75 Å². The Morgan fingerprint density at radius 1 is 1.04 bits per heavy atom. The molecule has 138 valence electrons. The number of ether oxygens (including phenoxy) is 2. The zero-order chi connectivity index (χ0) is 18.7. The Kier molecular flexibility index (Phi) is 5.41. The number of benzene rings is 2. The first-order valence-corrected chi connectivity index (χ1v) is 9.80. The van der Waals surface area contributed by atoms with Crippen LogP contribution in [0.2, 0.25) is 0 Å². The minimum atomic E-state index is -3.66. The molecular weight excluding hydrogens is 354 g/mol. The molecule has 0 aliphatic carbocycles. The maximum atomic E-state index is 12.7. The van der Waals surface area contributed by atoms with E-state index in [2.05, 4.69) is 0 Å². The molecule has 0 amide bonds. The van der Waals surface area contributed by atoms with E-state index in [1.165, 1.54) is 16.4 Å². The summed E-state index contributed by atoms with van der Waals surface area (Å²) in [5, 5.41) is 0. The molecule has 1 heterocycles. The van der Waals surface area contributed by atoms with Gasteiger partial charge in [0, 0.05) is 13.1 Å². The summed E-state index contributed by atoms with van der Waals surface area (Å²) in [4.78, 5) is 12.6. The van der Waals surface area contributed by atoms with Crippen molar-refractivity contribution in [2.75, 3.05) is 26.3 Å². The summed E-state index contributed by atoms with van der Waals surface area (Å²) in [5.74, 6) is -0.0830. The summed E-state index contributed by atoms with van der Waals surface area (Å²) in [5.41, 5.74) is 1.88. The molecule has 0 radical (unpaired) electrons. The Bertz CT molecular complexity index is 897. The van der Waals surface area contributed by atoms with Crippen LogP contribution in [0.4, 0.5) is 0 Å². The summed E-state index contributed by atoms with van der Waals surface area (Å²) >= 11 is 0. The Hall–Kier alpha value is -2.22. The van der Waals surface area contributed by atoms with Crippen molar-refractivity contribution in [3.63, 3.8) is 0 Å². The van der Waals surface area contributed by atoms with Gasteiger partial charge in [-0.15, -0.1) is 0 Å². The average molecular weight is 375 g/mol. The lowest BCUT2D eigenvalue weighted by Crippen LogP contribution is -2.40. The molecule has 0 aromatic heterocycles. The molecule has 0 unspecified atom stereocenters. The second kappa shape index (κ2) is 7.57. The fourth-order valence-electron chi connectivity index (χ4n) is 2.83. The van der Waals surface area contributed by atoms with E-state index in [1.54, 1.807) is 12.1 Å². The second-order valence-electron chi connectivity index (χ2n) is 6.15. The van der Waals surface area contributed by atoms with Crippen molar-refractivity contribution in [3.8, 4) is 5.75 Å². The minimum absolute atomic E-state index is 0.0790. The number of esters is 1. The predicted octanol–water partition coefficient (Wildman–Crippen LogP) is 2.54. The normalized spacial score (nSPS) is 15.6. The van der Waals surface area contributed by atoms with Crippen LogP contribution in [0.5, 0.6) is 5.75 Å². The molecule has 1 fully saturated rings. The molecule has 0 spiro atoms. The Labute approximate surface area is 153 Å². The van der Waals surface area contributed by atoms with Gasteiger partial charge in [0.25, 0.3) is 0 Å². The highest BCUT2D eigenvalue weighted by molar-refractivity contribution is 7.89. The van der Waals surface area contributed by atoms with Crippen LogP contribution in [-0.4, -0.2) is 45.0 Å². The van der Waals surface area contributed by atoms with Crippen molar-refractivity contribution in [3.05, 3.63) is 59.2 Å². The van der Waals surface area contributed by atoms with Crippen LogP contribution < -0.4 is 4.74 Å². The van der Waals surface area contributed by atoms with Crippen molar-refractivity contribution in [1.82, 2.24) is 4.31 Å². The second-order valence-corrected chi connectivity index (χ2v) is 8.09. The third kappa shape index (κ3) is 3.80. The van der Waals surface area contributed by atoms with Gasteiger partial charge in [0.05, 0.1) is 23.7 Å². The van der Waals surface area contributed by atoms with Gasteiger partial charge in [0.2, 0.25) is 10.0 Å². The van der Waals surface area contributed by atoms with Crippen LogP contribution in [0.1, 0.15) is 21.5 Å². The summed E-state index contributed by atoms with van der Waals surface area (Å²) in [7, 11) is -3.66. The molecule has 6 nitrogen and oxygen atoms in total. The number of sulfonamides is 1. The average Bonchev–Trinajstić information content (AvgIpc) is 2.65. The van der Waals surface area contributed by atoms with E-state index in [9.17, 15) is 13.2 Å². The van der Waals surface area contributed by atoms with Crippen molar-refractivity contribution in [2.45, 2.75) is 18.7 Å². The quantitative estimate of drug-likeness (QED) is 0.607. The van der Waals surface area contributed by atoms with Gasteiger partial charge in [-0.1, -0.05) is 24.3 Å². The lowest BCUT2D eigenvalue weighted by atomic mass is 10.1. The minimum Gasteiger partial charge on any atom is -0.422 e. The fraction of sp³-hybridized carbons (Fsp3) is 0.316. The first kappa shape index (κ1) is 18.6. The Morgan fingerprint density at radius 2 is 1.65 bits per heavy atom. The lowest BCUT2D eigenvalue weighted by Gasteiger charge is -2.26. The number of rotatable bonds is 4. The smallest absolute Gasteiger partial charge is 0.343 e. The first-order chi connectivity index (χ1) is 12.4. The number of carbonyl (C=O) groups excluding carboxylic acids is 1. The van der Waals surface area contributed by atoms with E-state index in [-0.39, 0.29) is 10.5 Å². The van der Waals surface area contributed by atoms with Crippen LogP contribution >= 0.6 is 0 Å². The molecule has 2 aromatic carbocycles. The lowest BCUT2D eigenvalue weighted by molar-refractivity contribution is 0.0726. The molecule has 0 N–H and O–H groups in total. The standard InChI is InChI=1S/C19H21NO5S/c1-14-5-3-6-15(2)18(14)25-19(21)16-7-4-8-17(13-16)26(22,23)20-9-11-24-12-10-20/h3-8,13H,9-12H2,1-2H3. The molecule has 2 aromatic rings. The topological polar surface area (TPSA) is 72.9 Å². The summed E-state index contributed by atoms with van der Waals surface area (Å²) < 4.78 is 37.6. The SMILES string of the molecule is Cc1cccc(C)c1OC(=O)c1cccc(S(=O)(=O)N2CCOCC2)c1. The van der Waals surface area contributed by atoms with E-state index < -0.39 is 16.0 Å². The Morgan fingerprint density at radius 3 is 2.31 bits per heavy atom. The molecule has 3 rings (SSSR count). The number of hydrogen-bond donors (Lipinski definition) is 0. The molecule has 0 bridgehead atoms. The van der Waals surface area contributed by atoms with E-state index in [1.807, 2.05) is 32.0 Å². The van der Waals surface area contributed by atoms with E-state index in [0.717, 1.165) is 11.1 Å². The molecule has 7 heteroatoms. The van der Waals surface area contributed by atoms with Gasteiger partial charge in [-0.25, -0.2) is 13.2 Å². The third-order valence-electron chi connectivity index (χ3n) is 4.28. The van der Waals surface area contributed by atoms with Crippen LogP contribution in [0.3, 0.4) is 0 Å². The van der Waals surface area contributed by atoms with Gasteiger partial charge in [-0.05, 0) is 43.2 Å². The fourth-order valence-corrected chi connectivity index (χ4v) is 4.29. The maximum Gasteiger partial charge on any atom is 0.343 e. The van der Waals surface area contributed by atoms with Crippen molar-refractivity contribution >= 4 is 16.0 Å². The number of morpholine rings is 1. The Balaban J connectivity index is 1.86. The monoisotopic (exact) mass is 375 g/mol. The van der Waals surface area contributed by atoms with E-state index >= 15 is 0 Å². The molecule has 26 heavy (non-hydrogen) atoms. The highest BCUT2D eigenvalue weighted by Gasteiger charge is 2.27. The summed E-state index contributed by atoms with van der Waals surface area (Å²) in [6, 6.07) is 11.5. The van der Waals surface area contributed by atoms with E-state index in [0.29, 0.717) is 32.1 Å². The largest absolute Gasteiger partial charge is 0.422 e.